The van der Waals surface area contributed by atoms with Crippen LogP contribution < -0.4 is 0 Å². The summed E-state index contributed by atoms with van der Waals surface area (Å²) in [6, 6.07) is 0. The average molecular weight is 264 g/mol. The molecule has 0 bridgehead atoms. The van der Waals surface area contributed by atoms with Gasteiger partial charge in [-0.15, -0.1) is 0 Å². The van der Waals surface area contributed by atoms with Crippen LogP contribution in [0.25, 0.3) is 0 Å². The lowest BCUT2D eigenvalue weighted by Crippen LogP contribution is -2.32. The van der Waals surface area contributed by atoms with E-state index in [0.29, 0.717) is 6.42 Å². The quantitative estimate of drug-likeness (QED) is 0.390. The molecule has 0 atom stereocenters. The molecule has 0 aliphatic heterocycles. The predicted molar refractivity (Wildman–Crippen MR) is 63.0 cm³/mol. The highest BCUT2D eigenvalue weighted by Gasteiger charge is 2.24. The van der Waals surface area contributed by atoms with E-state index in [2.05, 4.69) is 6.58 Å². The Bertz CT molecular complexity index is 264. The van der Waals surface area contributed by atoms with Crippen LogP contribution in [0.3, 0.4) is 0 Å². The van der Waals surface area contributed by atoms with Crippen molar-refractivity contribution in [3.05, 3.63) is 12.2 Å². The smallest absolute Gasteiger partial charge is 0.331 e. The molecule has 0 aromatic heterocycles. The molecule has 0 heterocycles. The van der Waals surface area contributed by atoms with Crippen molar-refractivity contribution in [1.82, 2.24) is 0 Å². The van der Waals surface area contributed by atoms with Crippen LogP contribution >= 0.6 is 0 Å². The van der Waals surface area contributed by atoms with E-state index in [4.69, 9.17) is 25.5 Å². The van der Waals surface area contributed by atoms with E-state index in [1.807, 2.05) is 6.92 Å². The molecule has 7 heteroatoms. The van der Waals surface area contributed by atoms with E-state index in [0.717, 1.165) is 0 Å². The fraction of sp³-hybridized carbons (Fsp3) is 0.636. The third-order valence-electron chi connectivity index (χ3n) is 2.42. The zero-order chi connectivity index (χ0) is 14.8. The van der Waals surface area contributed by atoms with E-state index < -0.39 is 23.8 Å². The molecule has 0 fully saturated rings. The molecule has 0 spiro atoms. The maximum atomic E-state index is 9.87. The lowest BCUT2D eigenvalue weighted by molar-refractivity contribution is -0.139. The van der Waals surface area contributed by atoms with Crippen molar-refractivity contribution in [2.75, 3.05) is 19.8 Å². The molecule has 0 aliphatic carbocycles. The van der Waals surface area contributed by atoms with Crippen molar-refractivity contribution in [3.63, 3.8) is 0 Å². The number of carbonyl (C=O) groups is 2. The Morgan fingerprint density at radius 2 is 1.44 bits per heavy atom. The molecule has 0 saturated carbocycles. The molecule has 0 aromatic rings. The van der Waals surface area contributed by atoms with Gasteiger partial charge in [-0.1, -0.05) is 13.5 Å². The van der Waals surface area contributed by atoms with Crippen molar-refractivity contribution in [2.45, 2.75) is 19.8 Å². The Kier molecular flexibility index (Phi) is 10.1. The summed E-state index contributed by atoms with van der Waals surface area (Å²) in [6.07, 6.45) is 0.0891. The SMILES string of the molecule is C=C(CC(=O)O)C(=O)O.CCC(CO)(CO)CO. The fourth-order valence-electron chi connectivity index (χ4n) is 0.744. The Labute approximate surface area is 105 Å². The summed E-state index contributed by atoms with van der Waals surface area (Å²) in [5.41, 5.74) is -0.970. The highest BCUT2D eigenvalue weighted by atomic mass is 16.4. The van der Waals surface area contributed by atoms with Gasteiger partial charge in [0.15, 0.2) is 0 Å². The van der Waals surface area contributed by atoms with Crippen LogP contribution in [-0.4, -0.2) is 57.3 Å². The normalized spacial score (nSPS) is 10.2. The van der Waals surface area contributed by atoms with Gasteiger partial charge in [-0.2, -0.15) is 0 Å². The molecule has 0 radical (unpaired) electrons. The summed E-state index contributed by atoms with van der Waals surface area (Å²) < 4.78 is 0. The predicted octanol–water partition coefficient (Wildman–Crippen LogP) is -0.538. The van der Waals surface area contributed by atoms with Crippen molar-refractivity contribution >= 4 is 11.9 Å². The summed E-state index contributed by atoms with van der Waals surface area (Å²) in [7, 11) is 0. The molecule has 0 unspecified atom stereocenters. The van der Waals surface area contributed by atoms with E-state index in [9.17, 15) is 9.59 Å². The second kappa shape index (κ2) is 9.58. The maximum absolute atomic E-state index is 9.87. The van der Waals surface area contributed by atoms with Crippen molar-refractivity contribution < 1.29 is 35.1 Å². The molecule has 7 nitrogen and oxygen atoms in total. The zero-order valence-corrected chi connectivity index (χ0v) is 10.3. The summed E-state index contributed by atoms with van der Waals surface area (Å²) in [5.74, 6) is -2.44. The highest BCUT2D eigenvalue weighted by Crippen LogP contribution is 2.18. The largest absolute Gasteiger partial charge is 0.481 e. The van der Waals surface area contributed by atoms with Crippen LogP contribution in [0.4, 0.5) is 0 Å². The number of aliphatic hydroxyl groups excluding tert-OH is 3. The zero-order valence-electron chi connectivity index (χ0n) is 10.3. The van der Waals surface area contributed by atoms with Crippen LogP contribution in [0.5, 0.6) is 0 Å². The molecule has 0 aliphatic rings. The third kappa shape index (κ3) is 7.77. The van der Waals surface area contributed by atoms with Gasteiger partial charge in [-0.05, 0) is 6.42 Å². The lowest BCUT2D eigenvalue weighted by Gasteiger charge is -2.24. The minimum atomic E-state index is -1.27. The van der Waals surface area contributed by atoms with Crippen molar-refractivity contribution in [2.24, 2.45) is 5.41 Å². The van der Waals surface area contributed by atoms with Gasteiger partial charge in [0.05, 0.1) is 26.2 Å². The first-order chi connectivity index (χ1) is 8.28. The van der Waals surface area contributed by atoms with Gasteiger partial charge in [0.1, 0.15) is 0 Å². The average Bonchev–Trinajstić information content (AvgIpc) is 2.32. The summed E-state index contributed by atoms with van der Waals surface area (Å²) in [5, 5.41) is 42.0. The van der Waals surface area contributed by atoms with Crippen LogP contribution in [0.2, 0.25) is 0 Å². The van der Waals surface area contributed by atoms with Gasteiger partial charge < -0.3 is 25.5 Å². The number of aliphatic carboxylic acids is 2. The number of carboxylic acids is 2. The maximum Gasteiger partial charge on any atom is 0.331 e. The first-order valence-electron chi connectivity index (χ1n) is 5.24. The minimum Gasteiger partial charge on any atom is -0.481 e. The number of aliphatic hydroxyl groups is 3. The molecule has 0 saturated heterocycles. The summed E-state index contributed by atoms with van der Waals surface area (Å²) >= 11 is 0. The minimum absolute atomic E-state index is 0.156. The van der Waals surface area contributed by atoms with E-state index in [1.165, 1.54) is 0 Å². The van der Waals surface area contributed by atoms with Gasteiger partial charge >= 0.3 is 11.9 Å². The Balaban J connectivity index is 0. The topological polar surface area (TPSA) is 135 Å². The number of rotatable bonds is 7. The Hall–Kier alpha value is -1.44. The lowest BCUT2D eigenvalue weighted by atomic mass is 9.88. The highest BCUT2D eigenvalue weighted by molar-refractivity contribution is 5.91. The molecule has 18 heavy (non-hydrogen) atoms. The molecule has 0 amide bonds. The van der Waals surface area contributed by atoms with E-state index >= 15 is 0 Å². The third-order valence-corrected chi connectivity index (χ3v) is 2.42. The second-order valence-corrected chi connectivity index (χ2v) is 3.81. The number of hydrogen-bond donors (Lipinski definition) is 5. The number of hydrogen-bond acceptors (Lipinski definition) is 5. The van der Waals surface area contributed by atoms with Gasteiger partial charge in [-0.3, -0.25) is 4.79 Å². The van der Waals surface area contributed by atoms with Gasteiger partial charge in [0.25, 0.3) is 0 Å². The molecule has 5 N–H and O–H groups in total. The molecular formula is C11H20O7. The van der Waals surface area contributed by atoms with Crippen LogP contribution in [0.1, 0.15) is 19.8 Å². The molecular weight excluding hydrogens is 244 g/mol. The Morgan fingerprint density at radius 1 is 1.06 bits per heavy atom. The Morgan fingerprint density at radius 3 is 1.50 bits per heavy atom. The monoisotopic (exact) mass is 264 g/mol. The fourth-order valence-corrected chi connectivity index (χ4v) is 0.744. The van der Waals surface area contributed by atoms with Crippen molar-refractivity contribution in [1.29, 1.82) is 0 Å². The van der Waals surface area contributed by atoms with E-state index in [-0.39, 0.29) is 25.4 Å². The number of carboxylic acid groups (broad SMARTS) is 2. The summed E-state index contributed by atoms with van der Waals surface area (Å²) in [4.78, 5) is 19.7. The van der Waals surface area contributed by atoms with Crippen LogP contribution in [0.15, 0.2) is 12.2 Å². The first-order valence-corrected chi connectivity index (χ1v) is 5.24. The van der Waals surface area contributed by atoms with E-state index in [1.54, 1.807) is 0 Å². The second-order valence-electron chi connectivity index (χ2n) is 3.81. The molecule has 0 aromatic carbocycles. The standard InChI is InChI=1S/C6H14O3.C5H6O4/c1-2-6(3-7,4-8)5-9;1-3(5(8)9)2-4(6)7/h7-9H,2-5H2,1H3;1-2H2,(H,6,7)(H,8,9). The molecule has 0 rings (SSSR count). The van der Waals surface area contributed by atoms with Crippen molar-refractivity contribution in [3.8, 4) is 0 Å². The first kappa shape index (κ1) is 18.9. The van der Waals surface area contributed by atoms with Gasteiger partial charge in [0.2, 0.25) is 0 Å². The summed E-state index contributed by atoms with van der Waals surface area (Å²) in [6.45, 7) is 4.37. The van der Waals surface area contributed by atoms with Crippen LogP contribution in [0, 0.1) is 5.41 Å². The molecule has 106 valence electrons. The van der Waals surface area contributed by atoms with Crippen LogP contribution in [-0.2, 0) is 9.59 Å². The van der Waals surface area contributed by atoms with Gasteiger partial charge in [0, 0.05) is 11.0 Å². The van der Waals surface area contributed by atoms with Gasteiger partial charge in [-0.25, -0.2) is 4.79 Å².